The fourth-order valence-electron chi connectivity index (χ4n) is 2.07. The Kier molecular flexibility index (Phi) is 3.98. The fraction of sp³-hybridized carbons (Fsp3) is 0.462. The largest absolute Gasteiger partial charge is 0.299 e. The normalized spacial score (nSPS) is 18.2. The van der Waals surface area contributed by atoms with Crippen LogP contribution in [-0.4, -0.2) is 18.0 Å². The van der Waals surface area contributed by atoms with E-state index in [4.69, 9.17) is 5.26 Å². The first-order chi connectivity index (χ1) is 7.78. The molecule has 3 heteroatoms. The molecule has 0 radical (unpaired) electrons. The van der Waals surface area contributed by atoms with Crippen molar-refractivity contribution in [3.8, 4) is 6.07 Å². The lowest BCUT2D eigenvalue weighted by atomic mass is 9.98. The van der Waals surface area contributed by atoms with Crippen LogP contribution in [0.4, 0.5) is 0 Å². The van der Waals surface area contributed by atoms with E-state index in [1.807, 2.05) is 0 Å². The van der Waals surface area contributed by atoms with E-state index in [1.165, 1.54) is 5.56 Å². The summed E-state index contributed by atoms with van der Waals surface area (Å²) in [5.74, 6) is 0.279. The Balaban J connectivity index is 1.87. The van der Waals surface area contributed by atoms with Gasteiger partial charge in [0.25, 0.3) is 0 Å². The fourth-order valence-corrected chi connectivity index (χ4v) is 2.33. The summed E-state index contributed by atoms with van der Waals surface area (Å²) in [7, 11) is 0. The Morgan fingerprint density at radius 2 is 1.88 bits per heavy atom. The number of nitriles is 1. The van der Waals surface area contributed by atoms with Gasteiger partial charge >= 0.3 is 0 Å². The molecule has 1 fully saturated rings. The van der Waals surface area contributed by atoms with Gasteiger partial charge in [0, 0.05) is 16.9 Å². The maximum absolute atomic E-state index is 8.82. The average Bonchev–Trinajstić information content (AvgIpc) is 2.33. The van der Waals surface area contributed by atoms with Crippen LogP contribution in [0.1, 0.15) is 18.4 Å². The predicted octanol–water partition coefficient (Wildman–Crippen LogP) is 3.18. The number of halogens is 1. The molecule has 16 heavy (non-hydrogen) atoms. The van der Waals surface area contributed by atoms with Crippen LogP contribution in [0.15, 0.2) is 28.7 Å². The smallest absolute Gasteiger partial charge is 0.0656 e. The Labute approximate surface area is 105 Å². The average molecular weight is 279 g/mol. The molecule has 0 aliphatic carbocycles. The molecule has 0 unspecified atom stereocenters. The molecule has 1 heterocycles. The predicted molar refractivity (Wildman–Crippen MR) is 67.8 cm³/mol. The standard InChI is InChI=1S/C13H15BrN2/c14-13-3-1-12(2-4-13)10-16-7-5-11(9-15)6-8-16/h1-4,11H,5-8,10H2. The van der Waals surface area contributed by atoms with E-state index in [2.05, 4.69) is 51.2 Å². The van der Waals surface area contributed by atoms with Crippen molar-refractivity contribution in [2.45, 2.75) is 19.4 Å². The molecule has 84 valence electrons. The van der Waals surface area contributed by atoms with Gasteiger partial charge in [-0.05, 0) is 43.6 Å². The SMILES string of the molecule is N#CC1CCN(Cc2ccc(Br)cc2)CC1. The first-order valence-corrected chi connectivity index (χ1v) is 6.43. The summed E-state index contributed by atoms with van der Waals surface area (Å²) < 4.78 is 1.12. The molecule has 0 aromatic heterocycles. The number of nitrogens with zero attached hydrogens (tertiary/aromatic N) is 2. The lowest BCUT2D eigenvalue weighted by Crippen LogP contribution is -2.32. The second-order valence-corrected chi connectivity index (χ2v) is 5.22. The van der Waals surface area contributed by atoms with Crippen molar-refractivity contribution >= 4 is 15.9 Å². The summed E-state index contributed by atoms with van der Waals surface area (Å²) in [6.07, 6.45) is 2.04. The highest BCUT2D eigenvalue weighted by molar-refractivity contribution is 9.10. The topological polar surface area (TPSA) is 27.0 Å². The Morgan fingerprint density at radius 1 is 1.25 bits per heavy atom. The zero-order chi connectivity index (χ0) is 11.4. The molecule has 0 amide bonds. The monoisotopic (exact) mass is 278 g/mol. The molecule has 0 atom stereocenters. The number of hydrogen-bond donors (Lipinski definition) is 0. The summed E-state index contributed by atoms with van der Waals surface area (Å²) >= 11 is 3.44. The van der Waals surface area contributed by atoms with Gasteiger partial charge in [-0.25, -0.2) is 0 Å². The van der Waals surface area contributed by atoms with Crippen LogP contribution in [0, 0.1) is 17.2 Å². The van der Waals surface area contributed by atoms with Crippen LogP contribution < -0.4 is 0 Å². The van der Waals surface area contributed by atoms with Gasteiger partial charge in [0.1, 0.15) is 0 Å². The van der Waals surface area contributed by atoms with Gasteiger partial charge in [-0.1, -0.05) is 28.1 Å². The molecule has 1 aromatic carbocycles. The maximum atomic E-state index is 8.82. The minimum absolute atomic E-state index is 0.279. The van der Waals surface area contributed by atoms with Crippen molar-refractivity contribution in [1.82, 2.24) is 4.90 Å². The number of benzene rings is 1. The molecule has 1 saturated heterocycles. The van der Waals surface area contributed by atoms with E-state index < -0.39 is 0 Å². The minimum Gasteiger partial charge on any atom is -0.299 e. The highest BCUT2D eigenvalue weighted by Crippen LogP contribution is 2.19. The second-order valence-electron chi connectivity index (χ2n) is 4.31. The van der Waals surface area contributed by atoms with Crippen molar-refractivity contribution < 1.29 is 0 Å². The summed E-state index contributed by atoms with van der Waals surface area (Å²) in [6.45, 7) is 3.11. The third kappa shape index (κ3) is 3.07. The van der Waals surface area contributed by atoms with Crippen molar-refractivity contribution in [1.29, 1.82) is 5.26 Å². The van der Waals surface area contributed by atoms with Gasteiger partial charge in [0.05, 0.1) is 6.07 Å². The highest BCUT2D eigenvalue weighted by Gasteiger charge is 2.18. The maximum Gasteiger partial charge on any atom is 0.0656 e. The molecule has 0 bridgehead atoms. The Morgan fingerprint density at radius 3 is 2.44 bits per heavy atom. The van der Waals surface area contributed by atoms with E-state index in [9.17, 15) is 0 Å². The van der Waals surface area contributed by atoms with Gasteiger partial charge in [-0.2, -0.15) is 5.26 Å². The highest BCUT2D eigenvalue weighted by atomic mass is 79.9. The van der Waals surface area contributed by atoms with Crippen LogP contribution in [0.2, 0.25) is 0 Å². The van der Waals surface area contributed by atoms with Crippen molar-refractivity contribution in [2.75, 3.05) is 13.1 Å². The molecule has 0 spiro atoms. The molecule has 0 saturated carbocycles. The number of piperidine rings is 1. The van der Waals surface area contributed by atoms with E-state index in [-0.39, 0.29) is 5.92 Å². The summed E-state index contributed by atoms with van der Waals surface area (Å²) in [5.41, 5.74) is 1.35. The Hall–Kier alpha value is -0.850. The van der Waals surface area contributed by atoms with Gasteiger partial charge in [0.2, 0.25) is 0 Å². The van der Waals surface area contributed by atoms with E-state index >= 15 is 0 Å². The third-order valence-corrected chi connectivity index (χ3v) is 3.62. The van der Waals surface area contributed by atoms with E-state index in [0.29, 0.717) is 0 Å². The number of rotatable bonds is 2. The molecule has 1 aromatic rings. The first-order valence-electron chi connectivity index (χ1n) is 5.64. The second kappa shape index (κ2) is 5.47. The lowest BCUT2D eigenvalue weighted by Gasteiger charge is -2.28. The number of likely N-dealkylation sites (tertiary alicyclic amines) is 1. The first kappa shape index (κ1) is 11.6. The molecule has 1 aliphatic heterocycles. The zero-order valence-corrected chi connectivity index (χ0v) is 10.8. The zero-order valence-electron chi connectivity index (χ0n) is 9.19. The molecule has 1 aliphatic rings. The quantitative estimate of drug-likeness (QED) is 0.831. The molecule has 2 nitrogen and oxygen atoms in total. The molecular weight excluding hydrogens is 264 g/mol. The van der Waals surface area contributed by atoms with Crippen LogP contribution >= 0.6 is 15.9 Å². The van der Waals surface area contributed by atoms with Crippen molar-refractivity contribution in [3.63, 3.8) is 0 Å². The van der Waals surface area contributed by atoms with Crippen LogP contribution in [-0.2, 0) is 6.54 Å². The van der Waals surface area contributed by atoms with Crippen LogP contribution in [0.5, 0.6) is 0 Å². The van der Waals surface area contributed by atoms with Gasteiger partial charge in [0.15, 0.2) is 0 Å². The molecule has 0 N–H and O–H groups in total. The van der Waals surface area contributed by atoms with Crippen molar-refractivity contribution in [3.05, 3.63) is 34.3 Å². The van der Waals surface area contributed by atoms with Crippen LogP contribution in [0.3, 0.4) is 0 Å². The minimum atomic E-state index is 0.279. The lowest BCUT2D eigenvalue weighted by molar-refractivity contribution is 0.198. The molecular formula is C13H15BrN2. The van der Waals surface area contributed by atoms with Crippen LogP contribution in [0.25, 0.3) is 0 Å². The summed E-state index contributed by atoms with van der Waals surface area (Å²) in [6, 6.07) is 10.8. The number of hydrogen-bond acceptors (Lipinski definition) is 2. The summed E-state index contributed by atoms with van der Waals surface area (Å²) in [5, 5.41) is 8.82. The molecule has 2 rings (SSSR count). The van der Waals surface area contributed by atoms with E-state index in [1.54, 1.807) is 0 Å². The Bertz CT molecular complexity index is 372. The van der Waals surface area contributed by atoms with E-state index in [0.717, 1.165) is 36.9 Å². The third-order valence-electron chi connectivity index (χ3n) is 3.09. The summed E-state index contributed by atoms with van der Waals surface area (Å²) in [4.78, 5) is 2.43. The van der Waals surface area contributed by atoms with Crippen molar-refractivity contribution in [2.24, 2.45) is 5.92 Å². The van der Waals surface area contributed by atoms with Gasteiger partial charge < -0.3 is 0 Å². The van der Waals surface area contributed by atoms with Gasteiger partial charge in [-0.15, -0.1) is 0 Å². The van der Waals surface area contributed by atoms with Gasteiger partial charge in [-0.3, -0.25) is 4.90 Å².